The zero-order valence-corrected chi connectivity index (χ0v) is 30.1. The van der Waals surface area contributed by atoms with Crippen molar-refractivity contribution in [3.63, 3.8) is 0 Å². The van der Waals surface area contributed by atoms with Crippen molar-refractivity contribution in [3.05, 3.63) is 188 Å². The number of hydrogen-bond acceptors (Lipinski definition) is 3. The van der Waals surface area contributed by atoms with E-state index in [-0.39, 0.29) is 0 Å². The lowest BCUT2D eigenvalue weighted by Crippen LogP contribution is -2.07. The van der Waals surface area contributed by atoms with Gasteiger partial charge in [0.1, 0.15) is 0 Å². The molecule has 56 heavy (non-hydrogen) atoms. The molecule has 9 aromatic carbocycles. The van der Waals surface area contributed by atoms with Crippen LogP contribution in [0.5, 0.6) is 0 Å². The highest BCUT2D eigenvalue weighted by Gasteiger charge is 2.21. The molecule has 5 heteroatoms. The third-order valence-corrected chi connectivity index (χ3v) is 11.3. The molecule has 0 atom stereocenters. The predicted octanol–water partition coefficient (Wildman–Crippen LogP) is 12.9. The molecule has 0 aliphatic heterocycles. The smallest absolute Gasteiger partial charge is 0.238 e. The van der Waals surface area contributed by atoms with Crippen molar-refractivity contribution >= 4 is 75.9 Å². The third kappa shape index (κ3) is 4.64. The van der Waals surface area contributed by atoms with Gasteiger partial charge in [-0.05, 0) is 63.3 Å². The van der Waals surface area contributed by atoms with Gasteiger partial charge in [-0.25, -0.2) is 4.98 Å². The van der Waals surface area contributed by atoms with Crippen molar-refractivity contribution in [3.8, 4) is 34.4 Å². The molecule has 0 aliphatic carbocycles. The molecular weight excluding hydrogens is 683 g/mol. The second kappa shape index (κ2) is 11.9. The Balaban J connectivity index is 1.19. The van der Waals surface area contributed by atoms with Crippen LogP contribution in [0, 0.1) is 0 Å². The van der Waals surface area contributed by atoms with Crippen LogP contribution in [-0.2, 0) is 0 Å². The van der Waals surface area contributed by atoms with E-state index in [1.54, 1.807) is 0 Å². The highest BCUT2D eigenvalue weighted by atomic mass is 15.2. The zero-order chi connectivity index (χ0) is 36.7. The minimum Gasteiger partial charge on any atom is -0.309 e. The van der Waals surface area contributed by atoms with Crippen molar-refractivity contribution in [1.82, 2.24) is 24.1 Å². The Morgan fingerprint density at radius 1 is 0.304 bits per heavy atom. The Kier molecular flexibility index (Phi) is 6.56. The molecular formula is C51H31N5. The Morgan fingerprint density at radius 3 is 1.41 bits per heavy atom. The second-order valence-electron chi connectivity index (χ2n) is 14.5. The summed E-state index contributed by atoms with van der Waals surface area (Å²) in [6.45, 7) is 0. The molecule has 0 saturated carbocycles. The molecule has 0 bridgehead atoms. The fourth-order valence-corrected chi connectivity index (χ4v) is 8.69. The van der Waals surface area contributed by atoms with Crippen LogP contribution in [0.4, 0.5) is 0 Å². The van der Waals surface area contributed by atoms with Gasteiger partial charge < -0.3 is 4.57 Å². The Labute approximate surface area is 321 Å². The summed E-state index contributed by atoms with van der Waals surface area (Å²) in [6, 6.07) is 66.9. The summed E-state index contributed by atoms with van der Waals surface area (Å²) in [5.74, 6) is 1.82. The molecule has 0 aliphatic rings. The molecule has 0 radical (unpaired) electrons. The van der Waals surface area contributed by atoms with Gasteiger partial charge in [0.05, 0.1) is 22.1 Å². The Bertz CT molecular complexity index is 3400. The van der Waals surface area contributed by atoms with E-state index in [2.05, 4.69) is 197 Å². The molecule has 3 aromatic heterocycles. The van der Waals surface area contributed by atoms with Crippen LogP contribution in [0.2, 0.25) is 0 Å². The van der Waals surface area contributed by atoms with E-state index in [9.17, 15) is 0 Å². The van der Waals surface area contributed by atoms with Crippen molar-refractivity contribution in [2.45, 2.75) is 0 Å². The number of aromatic nitrogens is 5. The standard InChI is InChI=1S/C51H31N5/c1-3-14-35-29-37(23-21-32(35)11-1)49-52-50(38-24-22-33-12-2-4-15-36(33)30-38)54-51(53-49)56-47-31-39(55-45-19-9-7-17-41(45)42-18-8-10-20-46(42)55)26-28-43(47)44-27-25-34-13-5-6-16-40(34)48(44)56/h1-31H. The normalized spacial score (nSPS) is 11.9. The highest BCUT2D eigenvalue weighted by molar-refractivity contribution is 6.19. The monoisotopic (exact) mass is 713 g/mol. The van der Waals surface area contributed by atoms with Crippen LogP contribution in [0.3, 0.4) is 0 Å². The Hall–Kier alpha value is -7.63. The summed E-state index contributed by atoms with van der Waals surface area (Å²) < 4.78 is 4.64. The zero-order valence-electron chi connectivity index (χ0n) is 30.1. The topological polar surface area (TPSA) is 48.5 Å². The van der Waals surface area contributed by atoms with Crippen LogP contribution < -0.4 is 0 Å². The maximum atomic E-state index is 5.37. The van der Waals surface area contributed by atoms with Gasteiger partial charge in [0.15, 0.2) is 11.6 Å². The summed E-state index contributed by atoms with van der Waals surface area (Å²) in [7, 11) is 0. The Morgan fingerprint density at radius 2 is 0.786 bits per heavy atom. The lowest BCUT2D eigenvalue weighted by molar-refractivity contribution is 0.955. The van der Waals surface area contributed by atoms with Crippen molar-refractivity contribution in [2.75, 3.05) is 0 Å². The van der Waals surface area contributed by atoms with Gasteiger partial charge in [0.25, 0.3) is 0 Å². The van der Waals surface area contributed by atoms with Gasteiger partial charge in [-0.2, -0.15) is 9.97 Å². The number of nitrogens with zero attached hydrogens (tertiary/aromatic N) is 5. The average molecular weight is 714 g/mol. The van der Waals surface area contributed by atoms with E-state index in [1.807, 2.05) is 0 Å². The molecule has 0 spiro atoms. The molecule has 0 saturated heterocycles. The quantitative estimate of drug-likeness (QED) is 0.182. The van der Waals surface area contributed by atoms with Crippen LogP contribution in [-0.4, -0.2) is 24.1 Å². The first-order valence-electron chi connectivity index (χ1n) is 18.9. The molecule has 0 N–H and O–H groups in total. The van der Waals surface area contributed by atoms with Crippen LogP contribution >= 0.6 is 0 Å². The summed E-state index contributed by atoms with van der Waals surface area (Å²) in [5, 5.41) is 11.7. The molecule has 0 fully saturated rings. The fraction of sp³-hybridized carbons (Fsp3) is 0. The number of hydrogen-bond donors (Lipinski definition) is 0. The molecule has 12 rings (SSSR count). The summed E-state index contributed by atoms with van der Waals surface area (Å²) in [4.78, 5) is 16.0. The highest BCUT2D eigenvalue weighted by Crippen LogP contribution is 2.39. The summed E-state index contributed by atoms with van der Waals surface area (Å²) >= 11 is 0. The average Bonchev–Trinajstić information content (AvgIpc) is 3.79. The number of fused-ring (bicyclic) bond motifs is 10. The fourth-order valence-electron chi connectivity index (χ4n) is 8.69. The first-order chi connectivity index (χ1) is 27.7. The lowest BCUT2D eigenvalue weighted by atomic mass is 10.1. The largest absolute Gasteiger partial charge is 0.309 e. The number of benzene rings is 9. The van der Waals surface area contributed by atoms with E-state index in [4.69, 9.17) is 15.0 Å². The number of para-hydroxylation sites is 2. The first kappa shape index (κ1) is 30.8. The predicted molar refractivity (Wildman–Crippen MR) is 232 cm³/mol. The molecule has 0 unspecified atom stereocenters. The number of rotatable bonds is 4. The third-order valence-electron chi connectivity index (χ3n) is 11.3. The second-order valence-corrected chi connectivity index (χ2v) is 14.5. The van der Waals surface area contributed by atoms with E-state index in [1.165, 1.54) is 32.6 Å². The maximum Gasteiger partial charge on any atom is 0.238 e. The van der Waals surface area contributed by atoms with Gasteiger partial charge >= 0.3 is 0 Å². The molecule has 5 nitrogen and oxygen atoms in total. The van der Waals surface area contributed by atoms with Crippen molar-refractivity contribution in [1.29, 1.82) is 0 Å². The maximum absolute atomic E-state index is 5.37. The molecule has 0 amide bonds. The van der Waals surface area contributed by atoms with Crippen molar-refractivity contribution in [2.24, 2.45) is 0 Å². The van der Waals surface area contributed by atoms with Gasteiger partial charge in [-0.3, -0.25) is 4.57 Å². The van der Waals surface area contributed by atoms with Crippen molar-refractivity contribution < 1.29 is 0 Å². The summed E-state index contributed by atoms with van der Waals surface area (Å²) in [5.41, 5.74) is 7.37. The van der Waals surface area contributed by atoms with E-state index >= 15 is 0 Å². The minimum absolute atomic E-state index is 0.571. The van der Waals surface area contributed by atoms with E-state index in [0.717, 1.165) is 60.2 Å². The van der Waals surface area contributed by atoms with Crippen LogP contribution in [0.25, 0.3) is 110 Å². The van der Waals surface area contributed by atoms with Gasteiger partial charge in [-0.15, -0.1) is 0 Å². The molecule has 12 aromatic rings. The first-order valence-corrected chi connectivity index (χ1v) is 18.9. The van der Waals surface area contributed by atoms with Gasteiger partial charge in [0, 0.05) is 43.7 Å². The molecule has 3 heterocycles. The van der Waals surface area contributed by atoms with Gasteiger partial charge in [-0.1, -0.05) is 152 Å². The van der Waals surface area contributed by atoms with Gasteiger partial charge in [0.2, 0.25) is 5.95 Å². The lowest BCUT2D eigenvalue weighted by Gasteiger charge is -2.13. The molecule has 260 valence electrons. The van der Waals surface area contributed by atoms with E-state index in [0.29, 0.717) is 17.6 Å². The summed E-state index contributed by atoms with van der Waals surface area (Å²) in [6.07, 6.45) is 0. The van der Waals surface area contributed by atoms with Crippen LogP contribution in [0.1, 0.15) is 0 Å². The minimum atomic E-state index is 0.571. The van der Waals surface area contributed by atoms with E-state index < -0.39 is 0 Å². The SMILES string of the molecule is c1ccc2cc(-c3nc(-c4ccc5ccccc5c4)nc(-n4c5cc(-n6c7ccccc7c7ccccc76)ccc5c5ccc6ccccc6c54)n3)ccc2c1. The van der Waals surface area contributed by atoms with Crippen LogP contribution in [0.15, 0.2) is 188 Å².